The van der Waals surface area contributed by atoms with Crippen molar-refractivity contribution in [3.63, 3.8) is 0 Å². The van der Waals surface area contributed by atoms with E-state index >= 15 is 0 Å². The quantitative estimate of drug-likeness (QED) is 0.658. The highest BCUT2D eigenvalue weighted by atomic mass is 79.9. The van der Waals surface area contributed by atoms with Gasteiger partial charge in [0.1, 0.15) is 6.61 Å². The molecule has 3 rings (SSSR count). The molecule has 1 atom stereocenters. The average Bonchev–Trinajstić information content (AvgIpc) is 3.05. The van der Waals surface area contributed by atoms with E-state index in [-0.39, 0.29) is 31.8 Å². The number of nitrogens with zero attached hydrogens (tertiary/aromatic N) is 1. The van der Waals surface area contributed by atoms with Gasteiger partial charge in [-0.15, -0.1) is 0 Å². The van der Waals surface area contributed by atoms with Crippen LogP contribution in [0.2, 0.25) is 0 Å². The van der Waals surface area contributed by atoms with Gasteiger partial charge in [-0.05, 0) is 17.2 Å². The van der Waals surface area contributed by atoms with Crippen molar-refractivity contribution in [2.45, 2.75) is 25.0 Å². The summed E-state index contributed by atoms with van der Waals surface area (Å²) in [5.74, 6) is -0.847. The molecule has 2 aromatic rings. The molecule has 28 heavy (non-hydrogen) atoms. The van der Waals surface area contributed by atoms with E-state index in [2.05, 4.69) is 15.9 Å². The Kier molecular flexibility index (Phi) is 6.14. The maximum atomic E-state index is 12.8. The number of hydrogen-bond donors (Lipinski definition) is 0. The largest absolute Gasteiger partial charge is 0.467 e. The molecule has 7 heteroatoms. The zero-order valence-corrected chi connectivity index (χ0v) is 17.0. The lowest BCUT2D eigenvalue weighted by atomic mass is 9.88. The van der Waals surface area contributed by atoms with Crippen molar-refractivity contribution in [1.82, 2.24) is 4.90 Å². The van der Waals surface area contributed by atoms with Gasteiger partial charge in [-0.3, -0.25) is 9.69 Å². The van der Waals surface area contributed by atoms with E-state index in [1.165, 1.54) is 12.0 Å². The molecular formula is C21H20BrNO5. The summed E-state index contributed by atoms with van der Waals surface area (Å²) in [6.45, 7) is -0.135. The highest BCUT2D eigenvalue weighted by Gasteiger charge is 2.55. The van der Waals surface area contributed by atoms with Crippen LogP contribution in [-0.4, -0.2) is 41.9 Å². The molecule has 1 saturated heterocycles. The SMILES string of the molecule is COC(=O)[C@@]1(Cc2ccccc2Br)CC(=O)CN1C(=O)OCc1ccccc1. The maximum Gasteiger partial charge on any atom is 0.411 e. The number of Topliss-reactive ketones (excluding diaryl/α,β-unsaturated/α-hetero) is 1. The van der Waals surface area contributed by atoms with E-state index in [0.29, 0.717) is 0 Å². The first-order valence-corrected chi connectivity index (χ1v) is 9.57. The molecule has 0 saturated carbocycles. The Morgan fingerprint density at radius 2 is 1.79 bits per heavy atom. The first-order chi connectivity index (χ1) is 13.5. The molecule has 1 fully saturated rings. The number of carbonyl (C=O) groups is 3. The molecule has 0 aromatic heterocycles. The number of hydrogen-bond acceptors (Lipinski definition) is 5. The number of ketones is 1. The van der Waals surface area contributed by atoms with Crippen LogP contribution in [0.4, 0.5) is 4.79 Å². The van der Waals surface area contributed by atoms with Crippen LogP contribution in [0.15, 0.2) is 59.1 Å². The highest BCUT2D eigenvalue weighted by molar-refractivity contribution is 9.10. The van der Waals surface area contributed by atoms with Crippen molar-refractivity contribution < 1.29 is 23.9 Å². The summed E-state index contributed by atoms with van der Waals surface area (Å²) in [5, 5.41) is 0. The van der Waals surface area contributed by atoms with Gasteiger partial charge < -0.3 is 9.47 Å². The lowest BCUT2D eigenvalue weighted by Gasteiger charge is -2.34. The molecule has 2 aromatic carbocycles. The first kappa shape index (κ1) is 20.1. The van der Waals surface area contributed by atoms with E-state index in [9.17, 15) is 14.4 Å². The molecule has 0 aliphatic carbocycles. The van der Waals surface area contributed by atoms with Crippen molar-refractivity contribution in [1.29, 1.82) is 0 Å². The summed E-state index contributed by atoms with van der Waals surface area (Å²) in [5.41, 5.74) is 0.183. The highest BCUT2D eigenvalue weighted by Crippen LogP contribution is 2.35. The van der Waals surface area contributed by atoms with Gasteiger partial charge in [0, 0.05) is 17.3 Å². The molecule has 0 radical (unpaired) electrons. The van der Waals surface area contributed by atoms with Crippen LogP contribution in [0.25, 0.3) is 0 Å². The zero-order valence-electron chi connectivity index (χ0n) is 15.4. The third-order valence-corrected chi connectivity index (χ3v) is 5.55. The molecule has 1 heterocycles. The zero-order chi connectivity index (χ0) is 20.1. The molecular weight excluding hydrogens is 426 g/mol. The fourth-order valence-electron chi connectivity index (χ4n) is 3.40. The molecule has 0 bridgehead atoms. The topological polar surface area (TPSA) is 72.9 Å². The Bertz CT molecular complexity index is 885. The van der Waals surface area contributed by atoms with Crippen LogP contribution in [0.3, 0.4) is 0 Å². The predicted molar refractivity (Wildman–Crippen MR) is 106 cm³/mol. The second-order valence-electron chi connectivity index (χ2n) is 6.63. The second-order valence-corrected chi connectivity index (χ2v) is 7.49. The van der Waals surface area contributed by atoms with E-state index in [4.69, 9.17) is 9.47 Å². The number of carbonyl (C=O) groups excluding carboxylic acids is 3. The van der Waals surface area contributed by atoms with Gasteiger partial charge >= 0.3 is 12.1 Å². The standard InChI is InChI=1S/C21H20BrNO5/c1-27-19(25)21(11-16-9-5-6-10-18(16)22)12-17(24)13-23(21)20(26)28-14-15-7-3-2-4-8-15/h2-10H,11-14H2,1H3/t21-/m1/s1. The summed E-state index contributed by atoms with van der Waals surface area (Å²) in [6.07, 6.45) is -0.679. The molecule has 0 unspecified atom stereocenters. The van der Waals surface area contributed by atoms with Crippen LogP contribution in [0.5, 0.6) is 0 Å². The fourth-order valence-corrected chi connectivity index (χ4v) is 3.83. The predicted octanol–water partition coefficient (Wildman–Crippen LogP) is 3.52. The fraction of sp³-hybridized carbons (Fsp3) is 0.286. The summed E-state index contributed by atoms with van der Waals surface area (Å²) < 4.78 is 11.2. The van der Waals surface area contributed by atoms with Crippen LogP contribution in [0.1, 0.15) is 17.5 Å². The molecule has 1 aliphatic rings. The van der Waals surface area contributed by atoms with E-state index < -0.39 is 17.6 Å². The smallest absolute Gasteiger partial charge is 0.411 e. The summed E-state index contributed by atoms with van der Waals surface area (Å²) in [4.78, 5) is 39.0. The van der Waals surface area contributed by atoms with Gasteiger partial charge in [0.2, 0.25) is 0 Å². The van der Waals surface area contributed by atoms with Gasteiger partial charge in [0.25, 0.3) is 0 Å². The average molecular weight is 446 g/mol. The second kappa shape index (κ2) is 8.56. The Morgan fingerprint density at radius 1 is 1.11 bits per heavy atom. The summed E-state index contributed by atoms with van der Waals surface area (Å²) in [7, 11) is 1.25. The molecule has 1 amide bonds. The van der Waals surface area contributed by atoms with Crippen LogP contribution >= 0.6 is 15.9 Å². The van der Waals surface area contributed by atoms with Crippen molar-refractivity contribution in [3.05, 3.63) is 70.2 Å². The normalized spacial score (nSPS) is 18.8. The van der Waals surface area contributed by atoms with Crippen molar-refractivity contribution >= 4 is 33.8 Å². The first-order valence-electron chi connectivity index (χ1n) is 8.78. The number of methoxy groups -OCH3 is 1. The van der Waals surface area contributed by atoms with Gasteiger partial charge in [-0.25, -0.2) is 9.59 Å². The number of rotatable bonds is 5. The number of halogens is 1. The number of esters is 1. The van der Waals surface area contributed by atoms with Gasteiger partial charge in [0.05, 0.1) is 13.7 Å². The molecule has 0 N–H and O–H groups in total. The minimum atomic E-state index is -1.43. The third-order valence-electron chi connectivity index (χ3n) is 4.77. The van der Waals surface area contributed by atoms with Crippen LogP contribution < -0.4 is 0 Å². The van der Waals surface area contributed by atoms with Crippen molar-refractivity contribution in [2.24, 2.45) is 0 Å². The van der Waals surface area contributed by atoms with Crippen molar-refractivity contribution in [2.75, 3.05) is 13.7 Å². The molecule has 1 aliphatic heterocycles. The lowest BCUT2D eigenvalue weighted by molar-refractivity contribution is -0.153. The van der Waals surface area contributed by atoms with Crippen molar-refractivity contribution in [3.8, 4) is 0 Å². The minimum absolute atomic E-state index is 0.0522. The number of likely N-dealkylation sites (tertiary alicyclic amines) is 1. The number of ether oxygens (including phenoxy) is 2. The van der Waals surface area contributed by atoms with Gasteiger partial charge in [-0.1, -0.05) is 64.5 Å². The Labute approximate surface area is 171 Å². The lowest BCUT2D eigenvalue weighted by Crippen LogP contribution is -2.55. The minimum Gasteiger partial charge on any atom is -0.467 e. The van der Waals surface area contributed by atoms with E-state index in [1.807, 2.05) is 54.6 Å². The Balaban J connectivity index is 1.88. The Morgan fingerprint density at radius 3 is 2.46 bits per heavy atom. The number of amides is 1. The molecule has 0 spiro atoms. The maximum absolute atomic E-state index is 12.8. The van der Waals surface area contributed by atoms with Crippen LogP contribution in [0, 0.1) is 0 Å². The molecule has 6 nitrogen and oxygen atoms in total. The summed E-state index contributed by atoms with van der Waals surface area (Å²) >= 11 is 3.46. The van der Waals surface area contributed by atoms with Gasteiger partial charge in [-0.2, -0.15) is 0 Å². The monoisotopic (exact) mass is 445 g/mol. The van der Waals surface area contributed by atoms with E-state index in [1.54, 1.807) is 0 Å². The third kappa shape index (κ3) is 4.09. The summed E-state index contributed by atoms with van der Waals surface area (Å²) in [6, 6.07) is 16.6. The number of benzene rings is 2. The van der Waals surface area contributed by atoms with Gasteiger partial charge in [0.15, 0.2) is 11.3 Å². The van der Waals surface area contributed by atoms with Crippen LogP contribution in [-0.2, 0) is 32.1 Å². The Hall–Kier alpha value is -2.67. The van der Waals surface area contributed by atoms with E-state index in [0.717, 1.165) is 15.6 Å². The molecule has 146 valence electrons.